The summed E-state index contributed by atoms with van der Waals surface area (Å²) in [5.41, 5.74) is 3.40. The highest BCUT2D eigenvalue weighted by Crippen LogP contribution is 2.27. The van der Waals surface area contributed by atoms with E-state index in [0.29, 0.717) is 38.4 Å². The minimum atomic E-state index is -0.568. The molecule has 11 heteroatoms. The van der Waals surface area contributed by atoms with E-state index in [1.54, 1.807) is 54.6 Å². The molecule has 3 aromatic rings. The molecule has 3 aromatic carbocycles. The summed E-state index contributed by atoms with van der Waals surface area (Å²) >= 11 is 3.36. The summed E-state index contributed by atoms with van der Waals surface area (Å²) in [4.78, 5) is 37.1. The molecule has 0 aliphatic rings. The first-order chi connectivity index (χ1) is 17.8. The molecule has 0 saturated heterocycles. The van der Waals surface area contributed by atoms with Gasteiger partial charge in [-0.3, -0.25) is 9.59 Å². The zero-order valence-electron chi connectivity index (χ0n) is 20.2. The molecule has 10 nitrogen and oxygen atoms in total. The van der Waals surface area contributed by atoms with Crippen molar-refractivity contribution in [1.82, 2.24) is 10.7 Å². The predicted octanol–water partition coefficient (Wildman–Crippen LogP) is 3.57. The van der Waals surface area contributed by atoms with Crippen LogP contribution in [0, 0.1) is 0 Å². The lowest BCUT2D eigenvalue weighted by atomic mass is 10.2. The van der Waals surface area contributed by atoms with Crippen molar-refractivity contribution in [3.63, 3.8) is 0 Å². The van der Waals surface area contributed by atoms with Crippen LogP contribution in [0.15, 0.2) is 70.2 Å². The Kier molecular flexibility index (Phi) is 9.61. The second kappa shape index (κ2) is 13.1. The number of halogens is 1. The third-order valence-electron chi connectivity index (χ3n) is 4.95. The first-order valence-electron chi connectivity index (χ1n) is 10.8. The summed E-state index contributed by atoms with van der Waals surface area (Å²) in [7, 11) is 4.48. The topological polar surface area (TPSA) is 125 Å². The van der Waals surface area contributed by atoms with Gasteiger partial charge in [0.2, 0.25) is 0 Å². The van der Waals surface area contributed by atoms with Crippen molar-refractivity contribution < 1.29 is 33.3 Å². The van der Waals surface area contributed by atoms with Gasteiger partial charge in [-0.1, -0.05) is 15.9 Å². The van der Waals surface area contributed by atoms with Crippen molar-refractivity contribution in [3.05, 3.63) is 81.8 Å². The fourth-order valence-corrected chi connectivity index (χ4v) is 3.43. The molecule has 2 amide bonds. The smallest absolute Gasteiger partial charge is 0.343 e. The van der Waals surface area contributed by atoms with Crippen LogP contribution in [0.4, 0.5) is 0 Å². The molecule has 0 spiro atoms. The quantitative estimate of drug-likeness (QED) is 0.165. The van der Waals surface area contributed by atoms with Crippen LogP contribution >= 0.6 is 15.9 Å². The van der Waals surface area contributed by atoms with Gasteiger partial charge in [-0.05, 0) is 60.7 Å². The first-order valence-corrected chi connectivity index (χ1v) is 11.6. The summed E-state index contributed by atoms with van der Waals surface area (Å²) in [5, 5.41) is 6.41. The number of carbonyl (C=O) groups is 3. The van der Waals surface area contributed by atoms with Crippen LogP contribution in [0.5, 0.6) is 23.0 Å². The number of nitrogens with one attached hydrogen (secondary N) is 2. The number of amides is 2. The van der Waals surface area contributed by atoms with Gasteiger partial charge in [-0.25, -0.2) is 10.2 Å². The van der Waals surface area contributed by atoms with Crippen LogP contribution in [0.1, 0.15) is 26.3 Å². The summed E-state index contributed by atoms with van der Waals surface area (Å²) in [6.07, 6.45) is 1.33. The van der Waals surface area contributed by atoms with E-state index in [9.17, 15) is 14.4 Å². The fraction of sp³-hybridized carbons (Fsp3) is 0.154. The standard InChI is InChI=1S/C26H24BrN3O7/c1-34-20-8-4-16(5-9-20)26(33)37-21-11-7-19(27)12-18(21)14-29-30-24(31)15-28-25(32)17-6-10-22(35-2)23(13-17)36-3/h4-14H,15H2,1-3H3,(H,28,32)(H,30,31)/b29-14-. The Morgan fingerprint density at radius 1 is 0.838 bits per heavy atom. The lowest BCUT2D eigenvalue weighted by Crippen LogP contribution is -2.34. The molecule has 0 saturated carbocycles. The number of hydrogen-bond acceptors (Lipinski definition) is 8. The molecule has 0 aromatic heterocycles. The highest BCUT2D eigenvalue weighted by molar-refractivity contribution is 9.10. The Labute approximate surface area is 221 Å². The van der Waals surface area contributed by atoms with Crippen molar-refractivity contribution in [2.24, 2.45) is 5.10 Å². The van der Waals surface area contributed by atoms with Gasteiger partial charge < -0.3 is 24.3 Å². The summed E-state index contributed by atoms with van der Waals surface area (Å²) in [6, 6.07) is 16.1. The van der Waals surface area contributed by atoms with E-state index in [2.05, 4.69) is 31.8 Å². The Balaban J connectivity index is 1.59. The molecule has 0 heterocycles. The number of rotatable bonds is 10. The van der Waals surface area contributed by atoms with Gasteiger partial charge in [0.1, 0.15) is 11.5 Å². The Hall–Kier alpha value is -4.38. The number of esters is 1. The van der Waals surface area contributed by atoms with Gasteiger partial charge in [-0.2, -0.15) is 5.10 Å². The molecule has 0 radical (unpaired) electrons. The minimum Gasteiger partial charge on any atom is -0.497 e. The Morgan fingerprint density at radius 3 is 2.19 bits per heavy atom. The van der Waals surface area contributed by atoms with E-state index < -0.39 is 17.8 Å². The number of hydrogen-bond donors (Lipinski definition) is 2. The molecule has 192 valence electrons. The zero-order valence-corrected chi connectivity index (χ0v) is 21.8. The maximum absolute atomic E-state index is 12.5. The molecule has 0 unspecified atom stereocenters. The molecule has 37 heavy (non-hydrogen) atoms. The van der Waals surface area contributed by atoms with Crippen LogP contribution < -0.4 is 29.7 Å². The number of ether oxygens (including phenoxy) is 4. The summed E-state index contributed by atoms with van der Waals surface area (Å²) in [6.45, 7) is -0.317. The number of hydrazone groups is 1. The van der Waals surface area contributed by atoms with Gasteiger partial charge in [0.15, 0.2) is 11.5 Å². The SMILES string of the molecule is COc1ccc(C(=O)Oc2ccc(Br)cc2/C=N\NC(=O)CNC(=O)c2ccc(OC)c(OC)c2)cc1. The molecule has 0 fully saturated rings. The lowest BCUT2D eigenvalue weighted by molar-refractivity contribution is -0.120. The summed E-state index contributed by atoms with van der Waals surface area (Å²) in [5.74, 6) is 0.125. The van der Waals surface area contributed by atoms with E-state index in [1.165, 1.54) is 33.6 Å². The second-order valence-corrected chi connectivity index (χ2v) is 8.26. The molecule has 0 bridgehead atoms. The highest BCUT2D eigenvalue weighted by Gasteiger charge is 2.13. The van der Waals surface area contributed by atoms with E-state index in [1.807, 2.05) is 0 Å². The van der Waals surface area contributed by atoms with Crippen LogP contribution in [0.2, 0.25) is 0 Å². The van der Waals surface area contributed by atoms with Crippen LogP contribution in [-0.4, -0.2) is 51.9 Å². The number of methoxy groups -OCH3 is 3. The monoisotopic (exact) mass is 569 g/mol. The van der Waals surface area contributed by atoms with Gasteiger partial charge in [0.05, 0.1) is 39.7 Å². The first kappa shape index (κ1) is 27.2. The minimum absolute atomic E-state index is 0.240. The fourth-order valence-electron chi connectivity index (χ4n) is 3.05. The number of carbonyl (C=O) groups excluding carboxylic acids is 3. The van der Waals surface area contributed by atoms with Gasteiger partial charge in [-0.15, -0.1) is 0 Å². The molecular formula is C26H24BrN3O7. The largest absolute Gasteiger partial charge is 0.497 e. The van der Waals surface area contributed by atoms with Crippen molar-refractivity contribution in [2.45, 2.75) is 0 Å². The maximum Gasteiger partial charge on any atom is 0.343 e. The van der Waals surface area contributed by atoms with Crippen LogP contribution in [-0.2, 0) is 4.79 Å². The Bertz CT molecular complexity index is 1310. The third-order valence-corrected chi connectivity index (χ3v) is 5.44. The van der Waals surface area contributed by atoms with E-state index in [4.69, 9.17) is 18.9 Å². The van der Waals surface area contributed by atoms with Crippen molar-refractivity contribution in [2.75, 3.05) is 27.9 Å². The van der Waals surface area contributed by atoms with Gasteiger partial charge >= 0.3 is 5.97 Å². The normalized spacial score (nSPS) is 10.5. The van der Waals surface area contributed by atoms with E-state index in [-0.39, 0.29) is 12.3 Å². The average molecular weight is 570 g/mol. The number of benzene rings is 3. The number of nitrogens with zero attached hydrogens (tertiary/aromatic N) is 1. The zero-order chi connectivity index (χ0) is 26.8. The summed E-state index contributed by atoms with van der Waals surface area (Å²) < 4.78 is 21.6. The lowest BCUT2D eigenvalue weighted by Gasteiger charge is -2.10. The molecule has 0 aliphatic carbocycles. The third kappa shape index (κ3) is 7.55. The predicted molar refractivity (Wildman–Crippen MR) is 140 cm³/mol. The van der Waals surface area contributed by atoms with E-state index >= 15 is 0 Å². The van der Waals surface area contributed by atoms with Crippen LogP contribution in [0.3, 0.4) is 0 Å². The second-order valence-electron chi connectivity index (χ2n) is 7.35. The highest BCUT2D eigenvalue weighted by atomic mass is 79.9. The Morgan fingerprint density at radius 2 is 1.51 bits per heavy atom. The molecular weight excluding hydrogens is 546 g/mol. The van der Waals surface area contributed by atoms with Crippen molar-refractivity contribution in [1.29, 1.82) is 0 Å². The molecule has 3 rings (SSSR count). The van der Waals surface area contributed by atoms with Crippen molar-refractivity contribution >= 4 is 39.9 Å². The molecule has 0 aliphatic heterocycles. The van der Waals surface area contributed by atoms with Crippen LogP contribution in [0.25, 0.3) is 0 Å². The average Bonchev–Trinajstić information content (AvgIpc) is 2.92. The molecule has 0 atom stereocenters. The van der Waals surface area contributed by atoms with Gasteiger partial charge in [0.25, 0.3) is 11.8 Å². The molecule has 2 N–H and O–H groups in total. The van der Waals surface area contributed by atoms with Crippen molar-refractivity contribution in [3.8, 4) is 23.0 Å². The maximum atomic E-state index is 12.5. The van der Waals surface area contributed by atoms with Gasteiger partial charge in [0, 0.05) is 15.6 Å². The van der Waals surface area contributed by atoms with E-state index in [0.717, 1.165) is 0 Å².